The zero-order valence-corrected chi connectivity index (χ0v) is 16.7. The van der Waals surface area contributed by atoms with Crippen LogP contribution in [0.25, 0.3) is 0 Å². The Hall–Kier alpha value is -3.22. The Kier molecular flexibility index (Phi) is 8.31. The molecule has 28 heavy (non-hydrogen) atoms. The van der Waals surface area contributed by atoms with Crippen LogP contribution >= 0.6 is 0 Å². The summed E-state index contributed by atoms with van der Waals surface area (Å²) in [4.78, 5) is 49.9. The molecule has 1 aromatic rings. The lowest BCUT2D eigenvalue weighted by atomic mass is 10.2. The molecule has 154 valence electrons. The number of carbonyl (C=O) groups is 2. The fourth-order valence-corrected chi connectivity index (χ4v) is 2.11. The molecule has 1 heterocycles. The molecule has 0 aliphatic rings. The molecule has 0 aromatic carbocycles. The van der Waals surface area contributed by atoms with Crippen molar-refractivity contribution < 1.29 is 19.1 Å². The third-order valence-corrected chi connectivity index (χ3v) is 3.14. The van der Waals surface area contributed by atoms with E-state index in [0.29, 0.717) is 0 Å². The Morgan fingerprint density at radius 1 is 1.32 bits per heavy atom. The smallest absolute Gasteiger partial charge is 0.407 e. The summed E-state index contributed by atoms with van der Waals surface area (Å²) in [5.74, 6) is 4.60. The third-order valence-electron chi connectivity index (χ3n) is 3.14. The van der Waals surface area contributed by atoms with Gasteiger partial charge in [0.05, 0.1) is 19.3 Å². The summed E-state index contributed by atoms with van der Waals surface area (Å²) in [7, 11) is 0. The lowest BCUT2D eigenvalue weighted by molar-refractivity contribution is -0.141. The first-order chi connectivity index (χ1) is 13.1. The molecular weight excluding hydrogens is 368 g/mol. The second kappa shape index (κ2) is 10.2. The molecule has 0 atom stereocenters. The van der Waals surface area contributed by atoms with Crippen molar-refractivity contribution in [2.24, 2.45) is 0 Å². The normalized spacial score (nSPS) is 10.5. The van der Waals surface area contributed by atoms with Crippen LogP contribution in [0.15, 0.2) is 15.8 Å². The number of esters is 1. The average molecular weight is 394 g/mol. The zero-order valence-electron chi connectivity index (χ0n) is 16.7. The van der Waals surface area contributed by atoms with E-state index in [1.54, 1.807) is 34.6 Å². The van der Waals surface area contributed by atoms with E-state index in [0.717, 1.165) is 4.68 Å². The first kappa shape index (κ1) is 22.8. The van der Waals surface area contributed by atoms with Crippen molar-refractivity contribution >= 4 is 12.1 Å². The molecular formula is C18H26N4O6. The molecule has 10 heteroatoms. The van der Waals surface area contributed by atoms with E-state index in [2.05, 4.69) is 22.1 Å². The predicted octanol–water partition coefficient (Wildman–Crippen LogP) is -0.0662. The monoisotopic (exact) mass is 394 g/mol. The minimum absolute atomic E-state index is 0.0658. The van der Waals surface area contributed by atoms with Crippen molar-refractivity contribution in [3.05, 3.63) is 32.6 Å². The number of ether oxygens (including phenoxy) is 2. The second-order valence-electron chi connectivity index (χ2n) is 6.64. The van der Waals surface area contributed by atoms with E-state index in [9.17, 15) is 19.2 Å². The van der Waals surface area contributed by atoms with Gasteiger partial charge in [-0.05, 0) is 34.6 Å². The summed E-state index contributed by atoms with van der Waals surface area (Å²) in [6.07, 6.45) is 0.611. The molecule has 0 bridgehead atoms. The maximum absolute atomic E-state index is 12.2. The Bertz CT molecular complexity index is 869. The molecule has 0 saturated carbocycles. The summed E-state index contributed by atoms with van der Waals surface area (Å²) in [5.41, 5.74) is -1.96. The van der Waals surface area contributed by atoms with Gasteiger partial charge < -0.3 is 14.8 Å². The molecule has 1 rings (SSSR count). The van der Waals surface area contributed by atoms with Gasteiger partial charge in [-0.1, -0.05) is 5.92 Å². The molecule has 0 spiro atoms. The number of aromatic nitrogens is 2. The summed E-state index contributed by atoms with van der Waals surface area (Å²) in [5, 5.41) is 3.87. The molecule has 0 aliphatic heterocycles. The Labute approximate surface area is 162 Å². The quantitative estimate of drug-likeness (QED) is 0.490. The maximum Gasteiger partial charge on any atom is 0.407 e. The predicted molar refractivity (Wildman–Crippen MR) is 103 cm³/mol. The summed E-state index contributed by atoms with van der Waals surface area (Å²) >= 11 is 0. The van der Waals surface area contributed by atoms with Gasteiger partial charge in [-0.15, -0.1) is 5.92 Å². The number of rotatable bonds is 7. The van der Waals surface area contributed by atoms with Crippen molar-refractivity contribution in [1.29, 1.82) is 0 Å². The van der Waals surface area contributed by atoms with Crippen LogP contribution < -0.4 is 21.6 Å². The fraction of sp³-hybridized carbons (Fsp3) is 0.556. The van der Waals surface area contributed by atoms with Gasteiger partial charge in [0.15, 0.2) is 0 Å². The molecule has 0 unspecified atom stereocenters. The lowest BCUT2D eigenvalue weighted by Gasteiger charge is -2.26. The van der Waals surface area contributed by atoms with Gasteiger partial charge in [0.1, 0.15) is 17.7 Å². The van der Waals surface area contributed by atoms with E-state index >= 15 is 0 Å². The first-order valence-corrected chi connectivity index (χ1v) is 8.73. The molecule has 0 saturated heterocycles. The molecule has 2 N–H and O–H groups in total. The molecule has 1 aromatic heterocycles. The van der Waals surface area contributed by atoms with Gasteiger partial charge in [-0.3, -0.25) is 19.6 Å². The Morgan fingerprint density at radius 3 is 2.57 bits per heavy atom. The van der Waals surface area contributed by atoms with E-state index < -0.39 is 28.9 Å². The number of alkyl carbamates (subject to hydrolysis) is 1. The van der Waals surface area contributed by atoms with Crippen molar-refractivity contribution in [3.63, 3.8) is 0 Å². The minimum Gasteiger partial charge on any atom is -0.465 e. The Balaban J connectivity index is 3.03. The summed E-state index contributed by atoms with van der Waals surface area (Å²) in [6, 6.07) is 0. The number of H-pyrrole nitrogens is 1. The number of nitrogens with one attached hydrogen (secondary N) is 2. The van der Waals surface area contributed by atoms with E-state index in [4.69, 9.17) is 9.47 Å². The summed E-state index contributed by atoms with van der Waals surface area (Å²) in [6.45, 7) is 8.47. The van der Waals surface area contributed by atoms with Crippen LogP contribution in [0.1, 0.15) is 40.2 Å². The molecule has 0 fully saturated rings. The molecule has 1 amide bonds. The molecule has 0 radical (unpaired) electrons. The second-order valence-corrected chi connectivity index (χ2v) is 6.64. The highest BCUT2D eigenvalue weighted by atomic mass is 16.6. The van der Waals surface area contributed by atoms with Gasteiger partial charge in [0.2, 0.25) is 0 Å². The standard InChI is InChI=1S/C18H26N4O6/c1-6-8-13-11-22(16(25)20-15(13)24)21(12-14(23)27-7-2)10-9-19-17(26)28-18(3,4)5/h11H,7,9-10,12H2,1-5H3,(H,19,26)(H,20,24,25). The number of hydrogen-bond donors (Lipinski definition) is 2. The van der Waals surface area contributed by atoms with E-state index in [1.807, 2.05) is 0 Å². The van der Waals surface area contributed by atoms with Crippen LogP contribution in [0.2, 0.25) is 0 Å². The SMILES string of the molecule is CC#Cc1cn(N(CCNC(=O)OC(C)(C)C)CC(=O)OCC)c(=O)[nH]c1=O. The lowest BCUT2D eigenvalue weighted by Crippen LogP contribution is -2.51. The number of hydrogen-bond acceptors (Lipinski definition) is 7. The van der Waals surface area contributed by atoms with E-state index in [1.165, 1.54) is 11.2 Å². The van der Waals surface area contributed by atoms with Crippen LogP contribution in [-0.4, -0.2) is 53.6 Å². The highest BCUT2D eigenvalue weighted by Crippen LogP contribution is 2.06. The van der Waals surface area contributed by atoms with Gasteiger partial charge in [-0.2, -0.15) is 0 Å². The van der Waals surface area contributed by atoms with Crippen LogP contribution in [0.4, 0.5) is 4.79 Å². The highest BCUT2D eigenvalue weighted by Gasteiger charge is 2.18. The maximum atomic E-state index is 12.2. The largest absolute Gasteiger partial charge is 0.465 e. The number of carbonyl (C=O) groups excluding carboxylic acids is 2. The van der Waals surface area contributed by atoms with Crippen LogP contribution in [0, 0.1) is 11.8 Å². The van der Waals surface area contributed by atoms with Crippen LogP contribution in [-0.2, 0) is 14.3 Å². The number of aromatic amines is 1. The zero-order chi connectivity index (χ0) is 21.3. The van der Waals surface area contributed by atoms with Crippen LogP contribution in [0.5, 0.6) is 0 Å². The van der Waals surface area contributed by atoms with Crippen molar-refractivity contribution in [2.75, 3.05) is 31.3 Å². The van der Waals surface area contributed by atoms with Gasteiger partial charge in [-0.25, -0.2) is 14.3 Å². The fourth-order valence-electron chi connectivity index (χ4n) is 2.11. The van der Waals surface area contributed by atoms with E-state index in [-0.39, 0.29) is 31.8 Å². The minimum atomic E-state index is -0.742. The molecule has 10 nitrogen and oxygen atoms in total. The van der Waals surface area contributed by atoms with Gasteiger partial charge in [0.25, 0.3) is 5.56 Å². The molecule has 0 aliphatic carbocycles. The van der Waals surface area contributed by atoms with Gasteiger partial charge in [0, 0.05) is 6.54 Å². The topological polar surface area (TPSA) is 123 Å². The highest BCUT2D eigenvalue weighted by molar-refractivity contribution is 5.73. The van der Waals surface area contributed by atoms with Crippen molar-refractivity contribution in [3.8, 4) is 11.8 Å². The van der Waals surface area contributed by atoms with Gasteiger partial charge >= 0.3 is 17.8 Å². The van der Waals surface area contributed by atoms with Crippen molar-refractivity contribution in [2.45, 2.75) is 40.2 Å². The van der Waals surface area contributed by atoms with Crippen molar-refractivity contribution in [1.82, 2.24) is 15.0 Å². The van der Waals surface area contributed by atoms with Crippen LogP contribution in [0.3, 0.4) is 0 Å². The number of amides is 1. The summed E-state index contributed by atoms with van der Waals surface area (Å²) < 4.78 is 11.1. The third kappa shape index (κ3) is 7.57. The first-order valence-electron chi connectivity index (χ1n) is 8.73. The average Bonchev–Trinajstić information content (AvgIpc) is 2.55. The Morgan fingerprint density at radius 2 is 2.00 bits per heavy atom. The number of nitrogens with zero attached hydrogens (tertiary/aromatic N) is 2.